The first-order chi connectivity index (χ1) is 20.2. The van der Waals surface area contributed by atoms with E-state index >= 15 is 0 Å². The molecule has 0 aromatic heterocycles. The van der Waals surface area contributed by atoms with E-state index in [1.807, 2.05) is 0 Å². The maximum absolute atomic E-state index is 12.7. The predicted octanol–water partition coefficient (Wildman–Crippen LogP) is -8.17. The topological polar surface area (TPSA) is 346 Å². The first kappa shape index (κ1) is 33.9. The molecule has 1 saturated carbocycles. The second-order valence-corrected chi connectivity index (χ2v) is 11.0. The van der Waals surface area contributed by atoms with E-state index in [9.17, 15) is 44.7 Å². The van der Waals surface area contributed by atoms with Gasteiger partial charge in [0.2, 0.25) is 0 Å². The fourth-order valence-electron chi connectivity index (χ4n) is 5.56. The minimum absolute atomic E-state index is 0.0514. The lowest BCUT2D eigenvalue weighted by molar-refractivity contribution is -0.390. The molecule has 246 valence electrons. The van der Waals surface area contributed by atoms with Crippen LogP contribution in [0.3, 0.4) is 0 Å². The molecule has 22 heteroatoms. The van der Waals surface area contributed by atoms with Gasteiger partial charge in [-0.15, -0.1) is 0 Å². The number of aliphatic hydroxyl groups is 7. The fourth-order valence-corrected chi connectivity index (χ4v) is 6.52. The number of guanidine groups is 1. The minimum Gasteiger partial charge on any atom is -0.394 e. The van der Waals surface area contributed by atoms with Crippen molar-refractivity contribution in [3.8, 4) is 0 Å². The molecule has 0 aromatic carbocycles. The molecule has 16 atom stereocenters. The molecule has 3 saturated heterocycles. The van der Waals surface area contributed by atoms with Gasteiger partial charge in [0, 0.05) is 0 Å². The molecule has 21 nitrogen and oxygen atoms in total. The van der Waals surface area contributed by atoms with E-state index in [4.69, 9.17) is 44.5 Å². The Hall–Kier alpha value is -2.00. The minimum atomic E-state index is -3.01. The summed E-state index contributed by atoms with van der Waals surface area (Å²) in [5.74, 6) is -3.82. The maximum Gasteiger partial charge on any atom is 0.310 e. The number of nitrogens with zero attached hydrogens (tertiary/aromatic N) is 2. The van der Waals surface area contributed by atoms with Crippen LogP contribution >= 0.6 is 0 Å². The molecule has 4 fully saturated rings. The highest BCUT2D eigenvalue weighted by Gasteiger charge is 2.79. The van der Waals surface area contributed by atoms with Crippen LogP contribution in [-0.4, -0.2) is 163 Å². The number of likely N-dealkylation sites (N-methyl/N-ethyl adjacent to an activating group) is 1. The van der Waals surface area contributed by atoms with Gasteiger partial charge in [-0.2, -0.15) is 4.21 Å². The average Bonchev–Trinajstić information content (AvgIpc) is 3.37. The van der Waals surface area contributed by atoms with Crippen molar-refractivity contribution in [2.24, 2.45) is 27.2 Å². The largest absolute Gasteiger partial charge is 0.394 e. The van der Waals surface area contributed by atoms with Crippen LogP contribution in [0.2, 0.25) is 0 Å². The zero-order chi connectivity index (χ0) is 32.1. The number of hydrogen-bond donors (Lipinski definition) is 11. The molecule has 3 heterocycles. The van der Waals surface area contributed by atoms with Gasteiger partial charge in [0.1, 0.15) is 48.8 Å². The molecular weight excluding hydrogens is 608 g/mol. The molecule has 43 heavy (non-hydrogen) atoms. The number of aldehydes is 1. The van der Waals surface area contributed by atoms with Gasteiger partial charge in [-0.1, -0.05) is 0 Å². The van der Waals surface area contributed by atoms with Crippen molar-refractivity contribution in [3.05, 3.63) is 0 Å². The summed E-state index contributed by atoms with van der Waals surface area (Å²) in [6.07, 6.45) is -17.4. The summed E-state index contributed by atoms with van der Waals surface area (Å²) in [7, 11) is 1.37. The molecule has 0 spiro atoms. The quantitative estimate of drug-likeness (QED) is 0.0630. The van der Waals surface area contributed by atoms with Gasteiger partial charge in [-0.3, -0.25) is 9.79 Å². The number of nitrogens with one attached hydrogen (secondary N) is 1. The highest BCUT2D eigenvalue weighted by molar-refractivity contribution is 7.75. The monoisotopic (exact) mass is 644 g/mol. The summed E-state index contributed by atoms with van der Waals surface area (Å²) >= 11 is -2.89. The Kier molecular flexibility index (Phi) is 9.78. The smallest absolute Gasteiger partial charge is 0.310 e. The van der Waals surface area contributed by atoms with Gasteiger partial charge in [0.15, 0.2) is 30.4 Å². The summed E-state index contributed by atoms with van der Waals surface area (Å²) < 4.78 is 46.2. The van der Waals surface area contributed by atoms with E-state index in [1.165, 1.54) is 14.0 Å². The van der Waals surface area contributed by atoms with Crippen LogP contribution in [0.1, 0.15) is 6.92 Å². The number of aliphatic imine (C=N–C) groups is 2. The SMILES string of the molecule is CN[C@@H]1[C@H](O[C@H]2[C@H](O[C@]34OS(=O)O[C@@]3(N=C(N)N)[C@H](O)[C@H](N=CN)[C@H](O)[C@H]4O)O[C@@H](C)[C@]2(O)C=O)O[C@@H](CO)[C@H](O)[C@H]1O. The summed E-state index contributed by atoms with van der Waals surface area (Å²) in [5.41, 5.74) is 11.0. The molecule has 1 aliphatic carbocycles. The molecule has 1 unspecified atom stereocenters. The van der Waals surface area contributed by atoms with Crippen molar-refractivity contribution in [1.29, 1.82) is 0 Å². The second-order valence-electron chi connectivity index (χ2n) is 10.3. The van der Waals surface area contributed by atoms with Gasteiger partial charge < -0.3 is 77.2 Å². The van der Waals surface area contributed by atoms with Gasteiger partial charge in [0.05, 0.1) is 25.1 Å². The third kappa shape index (κ3) is 5.24. The predicted molar refractivity (Wildman–Crippen MR) is 138 cm³/mol. The third-order valence-electron chi connectivity index (χ3n) is 7.89. The summed E-state index contributed by atoms with van der Waals surface area (Å²) in [6, 6.07) is -2.92. The first-order valence-corrected chi connectivity index (χ1v) is 13.8. The number of carbonyl (C=O) groups excluding carboxylic acids is 1. The molecule has 4 rings (SSSR count). The number of nitrogens with two attached hydrogens (primary N) is 3. The van der Waals surface area contributed by atoms with E-state index in [2.05, 4.69) is 15.3 Å². The van der Waals surface area contributed by atoms with E-state index in [0.717, 1.165) is 0 Å². The van der Waals surface area contributed by atoms with Crippen LogP contribution in [0.5, 0.6) is 0 Å². The molecule has 3 aliphatic heterocycles. The Bertz CT molecular complexity index is 1120. The average molecular weight is 645 g/mol. The number of rotatable bonds is 9. The summed E-state index contributed by atoms with van der Waals surface area (Å²) in [4.78, 5) is 19.7. The first-order valence-electron chi connectivity index (χ1n) is 12.8. The number of fused-ring (bicyclic) bond motifs is 1. The third-order valence-corrected chi connectivity index (χ3v) is 8.67. The van der Waals surface area contributed by atoms with Crippen molar-refractivity contribution in [2.75, 3.05) is 13.7 Å². The molecule has 14 N–H and O–H groups in total. The Morgan fingerprint density at radius 2 is 1.74 bits per heavy atom. The maximum atomic E-state index is 12.7. The van der Waals surface area contributed by atoms with Gasteiger partial charge in [0.25, 0.3) is 11.5 Å². The van der Waals surface area contributed by atoms with Crippen molar-refractivity contribution < 1.29 is 72.1 Å². The van der Waals surface area contributed by atoms with Crippen molar-refractivity contribution in [1.82, 2.24) is 5.32 Å². The lowest BCUT2D eigenvalue weighted by Gasteiger charge is -2.51. The number of hydrogen-bond acceptors (Lipinski definition) is 18. The molecule has 0 aromatic rings. The Balaban J connectivity index is 1.80. The summed E-state index contributed by atoms with van der Waals surface area (Å²) in [6.45, 7) is 0.470. The van der Waals surface area contributed by atoms with Crippen molar-refractivity contribution >= 4 is 29.9 Å². The zero-order valence-electron chi connectivity index (χ0n) is 22.7. The van der Waals surface area contributed by atoms with Crippen molar-refractivity contribution in [3.63, 3.8) is 0 Å². The van der Waals surface area contributed by atoms with Crippen LogP contribution < -0.4 is 22.5 Å². The number of aliphatic hydroxyl groups excluding tert-OH is 6. The highest BCUT2D eigenvalue weighted by atomic mass is 32.2. The van der Waals surface area contributed by atoms with E-state index in [-0.39, 0.29) is 6.29 Å². The van der Waals surface area contributed by atoms with Crippen LogP contribution in [0, 0.1) is 0 Å². The lowest BCUT2D eigenvalue weighted by atomic mass is 9.76. The van der Waals surface area contributed by atoms with Crippen LogP contribution in [-0.2, 0) is 43.5 Å². The molecule has 0 radical (unpaired) electrons. The Morgan fingerprint density at radius 3 is 2.30 bits per heavy atom. The van der Waals surface area contributed by atoms with E-state index < -0.39 is 115 Å². The second kappa shape index (κ2) is 12.4. The number of carbonyl (C=O) groups is 1. The fraction of sp³-hybridized carbons (Fsp3) is 0.857. The normalized spacial score (nSPS) is 51.8. The van der Waals surface area contributed by atoms with Gasteiger partial charge >= 0.3 is 11.4 Å². The van der Waals surface area contributed by atoms with E-state index in [0.29, 0.717) is 6.34 Å². The van der Waals surface area contributed by atoms with E-state index in [1.54, 1.807) is 0 Å². The standard InChI is InChI=1S/C21H36N6O15S/c1-6-19(35,4-29)15(39-16-9(25-2)11(31)10(30)7(3-28)38-16)17(37-6)40-21-14(34)12(32)8(26-5-22)13(33)20(21,27-18(23)24)41-43(36)42-21/h4-17,25,28,30-35H,3H2,1-2H3,(H2,22,26)(H4,23,24,27)/t6-,7-,8+,9-,10-,11-,12-,13+,14+,15-,16-,17-,19+,20-,21+,43?/m0/s1. The van der Waals surface area contributed by atoms with Crippen LogP contribution in [0.25, 0.3) is 0 Å². The molecule has 0 bridgehead atoms. The molecule has 4 aliphatic rings. The van der Waals surface area contributed by atoms with Gasteiger partial charge in [-0.05, 0) is 14.0 Å². The van der Waals surface area contributed by atoms with Crippen molar-refractivity contribution in [2.45, 2.75) is 97.5 Å². The Morgan fingerprint density at radius 1 is 1.07 bits per heavy atom. The highest BCUT2D eigenvalue weighted by Crippen LogP contribution is 2.53. The lowest BCUT2D eigenvalue weighted by Crippen LogP contribution is -2.77. The molecular formula is C21H36N6O15S. The number of ether oxygens (including phenoxy) is 4. The molecule has 0 amide bonds. The van der Waals surface area contributed by atoms with Crippen LogP contribution in [0.4, 0.5) is 0 Å². The summed E-state index contributed by atoms with van der Waals surface area (Å²) in [5, 5.41) is 77.9. The zero-order valence-corrected chi connectivity index (χ0v) is 23.5. The van der Waals surface area contributed by atoms with Gasteiger partial charge in [-0.25, -0.2) is 13.4 Å². The van der Waals surface area contributed by atoms with Crippen LogP contribution in [0.15, 0.2) is 9.98 Å². The Labute approximate surface area is 246 Å².